The third-order valence-corrected chi connectivity index (χ3v) is 15.9. The van der Waals surface area contributed by atoms with Crippen LogP contribution in [0.4, 0.5) is 17.1 Å². The Morgan fingerprint density at radius 1 is 0.316 bits per heavy atom. The summed E-state index contributed by atoms with van der Waals surface area (Å²) in [5, 5.41) is 4.58. The molecule has 76 heavy (non-hydrogen) atoms. The molecule has 1 aliphatic carbocycles. The minimum absolute atomic E-state index is 0.478. The zero-order valence-corrected chi connectivity index (χ0v) is 41.5. The van der Waals surface area contributed by atoms with Crippen LogP contribution in [-0.2, 0) is 5.41 Å². The van der Waals surface area contributed by atoms with Gasteiger partial charge in [-0.15, -0.1) is 0 Å². The van der Waals surface area contributed by atoms with Gasteiger partial charge in [0.2, 0.25) is 0 Å². The van der Waals surface area contributed by atoms with Crippen LogP contribution in [0.1, 0.15) is 22.3 Å². The Hall–Kier alpha value is -9.96. The van der Waals surface area contributed by atoms with Crippen molar-refractivity contribution in [1.82, 2.24) is 4.57 Å². The minimum atomic E-state index is -0.478. The van der Waals surface area contributed by atoms with Gasteiger partial charge in [0.05, 0.1) is 27.5 Å². The van der Waals surface area contributed by atoms with E-state index in [1.807, 2.05) is 0 Å². The second kappa shape index (κ2) is 17.6. The number of hydrogen-bond acceptors (Lipinski definition) is 2. The van der Waals surface area contributed by atoms with Crippen LogP contribution in [0.5, 0.6) is 0 Å². The predicted octanol–water partition coefficient (Wildman–Crippen LogP) is 19.5. The van der Waals surface area contributed by atoms with Crippen LogP contribution in [0.15, 0.2) is 296 Å². The van der Waals surface area contributed by atoms with Crippen molar-refractivity contribution in [2.24, 2.45) is 0 Å². The zero-order chi connectivity index (χ0) is 50.2. The molecule has 0 N–H and O–H groups in total. The van der Waals surface area contributed by atoms with Gasteiger partial charge < -0.3 is 13.9 Å². The molecule has 2 heterocycles. The number of fused-ring (bicyclic) bond motifs is 9. The van der Waals surface area contributed by atoms with Crippen molar-refractivity contribution < 1.29 is 4.42 Å². The molecule has 3 nitrogen and oxygen atoms in total. The summed E-state index contributed by atoms with van der Waals surface area (Å²) in [6.07, 6.45) is 0. The maximum atomic E-state index is 6.75. The van der Waals surface area contributed by atoms with E-state index in [-0.39, 0.29) is 0 Å². The van der Waals surface area contributed by atoms with Crippen LogP contribution in [-0.4, -0.2) is 4.57 Å². The van der Waals surface area contributed by atoms with Crippen LogP contribution in [0.2, 0.25) is 0 Å². The van der Waals surface area contributed by atoms with Crippen molar-refractivity contribution in [3.8, 4) is 50.2 Å². The second-order valence-corrected chi connectivity index (χ2v) is 20.0. The third-order valence-electron chi connectivity index (χ3n) is 15.9. The Morgan fingerprint density at radius 3 is 1.54 bits per heavy atom. The summed E-state index contributed by atoms with van der Waals surface area (Å²) in [6.45, 7) is 0. The minimum Gasteiger partial charge on any atom is -0.456 e. The average molecular weight is 969 g/mol. The molecule has 1 aliphatic rings. The van der Waals surface area contributed by atoms with Crippen LogP contribution < -0.4 is 4.90 Å². The van der Waals surface area contributed by atoms with E-state index in [4.69, 9.17) is 4.42 Å². The molecule has 0 unspecified atom stereocenters. The van der Waals surface area contributed by atoms with Crippen molar-refractivity contribution in [2.45, 2.75) is 5.41 Å². The maximum absolute atomic E-state index is 6.75. The molecule has 0 radical (unpaired) electrons. The quantitative estimate of drug-likeness (QED) is 0.144. The summed E-state index contributed by atoms with van der Waals surface area (Å²) in [7, 11) is 0. The normalized spacial score (nSPS) is 12.6. The molecule has 0 amide bonds. The lowest BCUT2D eigenvalue weighted by Crippen LogP contribution is -2.28. The fraction of sp³-hybridized carbons (Fsp3) is 0.0137. The smallest absolute Gasteiger partial charge is 0.137 e. The lowest BCUT2D eigenvalue weighted by atomic mass is 9.67. The van der Waals surface area contributed by atoms with Gasteiger partial charge in [0.15, 0.2) is 0 Å². The number of para-hydroxylation sites is 2. The number of aromatic nitrogens is 1. The Morgan fingerprint density at radius 2 is 0.829 bits per heavy atom. The van der Waals surface area contributed by atoms with E-state index in [2.05, 4.69) is 301 Å². The van der Waals surface area contributed by atoms with Gasteiger partial charge in [0, 0.05) is 33.2 Å². The molecule has 0 spiro atoms. The summed E-state index contributed by atoms with van der Waals surface area (Å²) >= 11 is 0. The Labute approximate surface area is 441 Å². The first-order valence-corrected chi connectivity index (χ1v) is 26.1. The fourth-order valence-corrected chi connectivity index (χ4v) is 12.5. The molecule has 0 saturated carbocycles. The number of benzene rings is 12. The summed E-state index contributed by atoms with van der Waals surface area (Å²) in [4.78, 5) is 2.39. The van der Waals surface area contributed by atoms with E-state index >= 15 is 0 Å². The van der Waals surface area contributed by atoms with Crippen molar-refractivity contribution in [2.75, 3.05) is 4.90 Å². The van der Waals surface area contributed by atoms with Crippen molar-refractivity contribution in [3.05, 3.63) is 313 Å². The van der Waals surface area contributed by atoms with Crippen molar-refractivity contribution in [1.29, 1.82) is 0 Å². The first-order valence-electron chi connectivity index (χ1n) is 26.1. The van der Waals surface area contributed by atoms with E-state index < -0.39 is 5.41 Å². The molecular weight excluding hydrogens is 921 g/mol. The first-order chi connectivity index (χ1) is 37.7. The van der Waals surface area contributed by atoms with Crippen molar-refractivity contribution in [3.63, 3.8) is 0 Å². The van der Waals surface area contributed by atoms with Gasteiger partial charge in [-0.05, 0) is 152 Å². The van der Waals surface area contributed by atoms with Gasteiger partial charge in [-0.25, -0.2) is 0 Å². The molecular formula is C73H48N2O. The summed E-state index contributed by atoms with van der Waals surface area (Å²) in [6, 6.07) is 106. The van der Waals surface area contributed by atoms with Gasteiger partial charge in [-0.1, -0.05) is 206 Å². The Bertz CT molecular complexity index is 4440. The molecule has 0 bridgehead atoms. The molecule has 0 aliphatic heterocycles. The second-order valence-electron chi connectivity index (χ2n) is 20.0. The van der Waals surface area contributed by atoms with Crippen LogP contribution >= 0.6 is 0 Å². The van der Waals surface area contributed by atoms with Gasteiger partial charge in [0.1, 0.15) is 11.2 Å². The van der Waals surface area contributed by atoms with Gasteiger partial charge in [-0.3, -0.25) is 0 Å². The molecule has 0 atom stereocenters. The summed E-state index contributed by atoms with van der Waals surface area (Å²) < 4.78 is 9.12. The molecule has 14 aromatic rings. The number of anilines is 3. The van der Waals surface area contributed by atoms with Gasteiger partial charge in [0.25, 0.3) is 0 Å². The average Bonchev–Trinajstić information content (AvgIpc) is 4.33. The Balaban J connectivity index is 0.869. The largest absolute Gasteiger partial charge is 0.456 e. The van der Waals surface area contributed by atoms with E-state index in [1.54, 1.807) is 0 Å². The monoisotopic (exact) mass is 968 g/mol. The molecule has 15 rings (SSSR count). The number of hydrogen-bond donors (Lipinski definition) is 0. The van der Waals surface area contributed by atoms with E-state index in [0.717, 1.165) is 61.4 Å². The zero-order valence-electron chi connectivity index (χ0n) is 41.5. The van der Waals surface area contributed by atoms with Gasteiger partial charge in [-0.2, -0.15) is 0 Å². The molecule has 12 aromatic carbocycles. The molecule has 0 saturated heterocycles. The SMILES string of the molecule is c1ccc(-c2ccc(N(c3ccc(-c4ccc5c(c4)C(c4ccccc4)(c4ccccc4)c4ccccc4-5)cc3)c3cccc4oc5ccc(-c6ccc7c(c6)c6ccccc6n7-c6ccccc6)cc5c34)cc2)cc1. The number of nitrogens with zero attached hydrogens (tertiary/aromatic N) is 2. The van der Waals surface area contributed by atoms with Gasteiger partial charge >= 0.3 is 0 Å². The van der Waals surface area contributed by atoms with Crippen LogP contribution in [0.3, 0.4) is 0 Å². The highest BCUT2D eigenvalue weighted by Crippen LogP contribution is 2.57. The number of rotatable bonds is 9. The van der Waals surface area contributed by atoms with Crippen molar-refractivity contribution >= 4 is 60.8 Å². The third kappa shape index (κ3) is 6.83. The maximum Gasteiger partial charge on any atom is 0.137 e. The fourth-order valence-electron chi connectivity index (χ4n) is 12.5. The molecule has 356 valence electrons. The Kier molecular flexibility index (Phi) is 10.1. The topological polar surface area (TPSA) is 21.3 Å². The number of furan rings is 1. The highest BCUT2D eigenvalue weighted by atomic mass is 16.3. The van der Waals surface area contributed by atoms with Crippen LogP contribution in [0.25, 0.3) is 93.9 Å². The van der Waals surface area contributed by atoms with E-state index in [0.29, 0.717) is 0 Å². The van der Waals surface area contributed by atoms with E-state index in [9.17, 15) is 0 Å². The standard InChI is InChI=1S/C73H48N2O/c1-5-18-49(19-6-1)50-32-39-58(40-33-50)74(59-41-34-51(35-42-59)54-36-43-61-60-26-13-15-28-65(60)73(66(61)48-54,55-20-7-2-8-21-55)56-22-9-3-10-23-56)69-30-17-31-71-72(69)64-47-53(38-45-70(64)76-71)52-37-44-68-63(46-52)62-27-14-16-29-67(62)75(68)57-24-11-4-12-25-57/h1-48H. The molecule has 0 fully saturated rings. The lowest BCUT2D eigenvalue weighted by Gasteiger charge is -2.34. The molecule has 2 aromatic heterocycles. The lowest BCUT2D eigenvalue weighted by molar-refractivity contribution is 0.669. The predicted molar refractivity (Wildman–Crippen MR) is 316 cm³/mol. The highest BCUT2D eigenvalue weighted by molar-refractivity contribution is 6.15. The summed E-state index contributed by atoms with van der Waals surface area (Å²) in [5.41, 5.74) is 22.5. The molecule has 3 heteroatoms. The highest BCUT2D eigenvalue weighted by Gasteiger charge is 2.46. The first kappa shape index (κ1) is 43.6. The van der Waals surface area contributed by atoms with E-state index in [1.165, 1.54) is 71.9 Å². The van der Waals surface area contributed by atoms with Crippen LogP contribution in [0, 0.1) is 0 Å². The summed E-state index contributed by atoms with van der Waals surface area (Å²) in [5.74, 6) is 0.